The minimum Gasteiger partial charge on any atom is -0.383 e. The van der Waals surface area contributed by atoms with Crippen molar-refractivity contribution in [3.05, 3.63) is 58.4 Å². The average Bonchev–Trinajstić information content (AvgIpc) is 2.85. The largest absolute Gasteiger partial charge is 0.383 e. The summed E-state index contributed by atoms with van der Waals surface area (Å²) < 4.78 is 2.12. The molecule has 0 aliphatic rings. The summed E-state index contributed by atoms with van der Waals surface area (Å²) in [5.41, 5.74) is 17.5. The molecule has 0 aliphatic carbocycles. The van der Waals surface area contributed by atoms with E-state index in [1.807, 2.05) is 19.9 Å². The lowest BCUT2D eigenvalue weighted by molar-refractivity contribution is 0.102. The second-order valence-corrected chi connectivity index (χ2v) is 7.62. The SMILES string of the molecule is Cc1cc(C)cc(-n2c(C)cc(C(=O)CSc3nc(N)cc(N)n3)c2C)c1. The number of carbonyl (C=O) groups excluding carboxylic acids is 1. The van der Waals surface area contributed by atoms with Crippen LogP contribution in [-0.4, -0.2) is 26.1 Å². The molecule has 2 aromatic heterocycles. The summed E-state index contributed by atoms with van der Waals surface area (Å²) in [4.78, 5) is 21.0. The maximum atomic E-state index is 12.8. The van der Waals surface area contributed by atoms with Crippen LogP contribution in [0.15, 0.2) is 35.5 Å². The highest BCUT2D eigenvalue weighted by Crippen LogP contribution is 2.25. The van der Waals surface area contributed by atoms with Gasteiger partial charge in [0.05, 0.1) is 5.75 Å². The smallest absolute Gasteiger partial charge is 0.191 e. The van der Waals surface area contributed by atoms with Crippen molar-refractivity contribution in [3.8, 4) is 5.69 Å². The first kappa shape index (κ1) is 19.0. The molecule has 0 saturated heterocycles. The van der Waals surface area contributed by atoms with Crippen LogP contribution in [-0.2, 0) is 0 Å². The van der Waals surface area contributed by atoms with E-state index in [1.54, 1.807) is 0 Å². The minimum atomic E-state index is 0.0216. The maximum absolute atomic E-state index is 12.8. The van der Waals surface area contributed by atoms with Gasteiger partial charge in [0.25, 0.3) is 0 Å². The van der Waals surface area contributed by atoms with Crippen LogP contribution in [0.5, 0.6) is 0 Å². The standard InChI is InChI=1S/C20H23N5OS/c1-11-5-12(2)7-15(6-11)25-13(3)8-16(14(25)4)17(26)10-27-20-23-18(21)9-19(22)24-20/h5-9H,10H2,1-4H3,(H4,21,22,23,24). The summed E-state index contributed by atoms with van der Waals surface area (Å²) in [6.45, 7) is 8.13. The number of rotatable bonds is 5. The molecule has 4 N–H and O–H groups in total. The molecule has 0 spiro atoms. The molecule has 0 atom stereocenters. The van der Waals surface area contributed by atoms with Gasteiger partial charge in [-0.15, -0.1) is 0 Å². The molecule has 2 heterocycles. The normalized spacial score (nSPS) is 11.0. The second kappa shape index (κ2) is 7.44. The van der Waals surface area contributed by atoms with E-state index in [-0.39, 0.29) is 11.5 Å². The van der Waals surface area contributed by atoms with Crippen LogP contribution in [0.25, 0.3) is 5.69 Å². The number of Topliss-reactive ketones (excluding diaryl/α,β-unsaturated/α-hetero) is 1. The highest BCUT2D eigenvalue weighted by molar-refractivity contribution is 7.99. The predicted molar refractivity (Wildman–Crippen MR) is 111 cm³/mol. The lowest BCUT2D eigenvalue weighted by Gasteiger charge is -2.12. The van der Waals surface area contributed by atoms with Gasteiger partial charge in [0.15, 0.2) is 10.9 Å². The van der Waals surface area contributed by atoms with Crippen molar-refractivity contribution in [1.82, 2.24) is 14.5 Å². The fourth-order valence-corrected chi connectivity index (χ4v) is 4.01. The van der Waals surface area contributed by atoms with Gasteiger partial charge in [0.2, 0.25) is 0 Å². The molecule has 3 rings (SSSR count). The van der Waals surface area contributed by atoms with Crippen molar-refractivity contribution in [2.75, 3.05) is 17.2 Å². The van der Waals surface area contributed by atoms with Gasteiger partial charge in [-0.25, -0.2) is 9.97 Å². The average molecular weight is 382 g/mol. The van der Waals surface area contributed by atoms with Gasteiger partial charge in [-0.2, -0.15) is 0 Å². The van der Waals surface area contributed by atoms with Gasteiger partial charge in [-0.05, 0) is 57.0 Å². The van der Waals surface area contributed by atoms with Crippen LogP contribution in [0.3, 0.4) is 0 Å². The van der Waals surface area contributed by atoms with Crippen LogP contribution in [0, 0.1) is 27.7 Å². The number of nitrogen functional groups attached to an aromatic ring is 2. The number of aromatic nitrogens is 3. The Bertz CT molecular complexity index is 985. The quantitative estimate of drug-likeness (QED) is 0.398. The molecule has 0 unspecified atom stereocenters. The second-order valence-electron chi connectivity index (χ2n) is 6.68. The number of nitrogens with zero attached hydrogens (tertiary/aromatic N) is 3. The summed E-state index contributed by atoms with van der Waals surface area (Å²) in [5.74, 6) is 0.837. The van der Waals surface area contributed by atoms with E-state index in [1.165, 1.54) is 29.0 Å². The summed E-state index contributed by atoms with van der Waals surface area (Å²) in [6, 6.07) is 9.81. The molecule has 7 heteroatoms. The van der Waals surface area contributed by atoms with E-state index in [2.05, 4.69) is 46.6 Å². The zero-order valence-electron chi connectivity index (χ0n) is 15.9. The first-order valence-electron chi connectivity index (χ1n) is 8.58. The van der Waals surface area contributed by atoms with Crippen molar-refractivity contribution in [1.29, 1.82) is 0 Å². The molecule has 3 aromatic rings. The number of benzene rings is 1. The zero-order valence-corrected chi connectivity index (χ0v) is 16.7. The van der Waals surface area contributed by atoms with Crippen molar-refractivity contribution >= 4 is 29.2 Å². The monoisotopic (exact) mass is 381 g/mol. The van der Waals surface area contributed by atoms with E-state index >= 15 is 0 Å². The fraction of sp³-hybridized carbons (Fsp3) is 0.250. The lowest BCUT2D eigenvalue weighted by atomic mass is 10.1. The zero-order chi connectivity index (χ0) is 19.7. The van der Waals surface area contributed by atoms with E-state index in [9.17, 15) is 4.79 Å². The lowest BCUT2D eigenvalue weighted by Crippen LogP contribution is -2.07. The minimum absolute atomic E-state index is 0.0216. The molecule has 140 valence electrons. The molecule has 27 heavy (non-hydrogen) atoms. The van der Waals surface area contributed by atoms with Gasteiger partial charge in [-0.1, -0.05) is 17.8 Å². The van der Waals surface area contributed by atoms with Crippen LogP contribution >= 0.6 is 11.8 Å². The molecule has 0 fully saturated rings. The molecule has 0 radical (unpaired) electrons. The number of nitrogens with two attached hydrogens (primary N) is 2. The van der Waals surface area contributed by atoms with Gasteiger partial charge in [0.1, 0.15) is 11.6 Å². The maximum Gasteiger partial charge on any atom is 0.191 e. The topological polar surface area (TPSA) is 99.8 Å². The Morgan fingerprint density at radius 2 is 1.56 bits per heavy atom. The number of ketones is 1. The Balaban J connectivity index is 1.86. The molecule has 1 aromatic carbocycles. The summed E-state index contributed by atoms with van der Waals surface area (Å²) >= 11 is 1.24. The number of aryl methyl sites for hydroxylation is 3. The van der Waals surface area contributed by atoms with Crippen LogP contribution in [0.1, 0.15) is 32.9 Å². The van der Waals surface area contributed by atoms with Crippen molar-refractivity contribution < 1.29 is 4.79 Å². The van der Waals surface area contributed by atoms with Crippen LogP contribution < -0.4 is 11.5 Å². The van der Waals surface area contributed by atoms with Gasteiger partial charge in [0, 0.05) is 28.7 Å². The Morgan fingerprint density at radius 3 is 2.15 bits per heavy atom. The van der Waals surface area contributed by atoms with Crippen LogP contribution in [0.2, 0.25) is 0 Å². The Labute approximate surface area is 163 Å². The molecule has 0 saturated carbocycles. The molecule has 0 bridgehead atoms. The molecule has 0 amide bonds. The Hall–Kier alpha value is -2.80. The molecule has 0 aliphatic heterocycles. The van der Waals surface area contributed by atoms with Crippen LogP contribution in [0.4, 0.5) is 11.6 Å². The number of thioether (sulfide) groups is 1. The third-order valence-corrected chi connectivity index (χ3v) is 5.12. The third kappa shape index (κ3) is 4.14. The third-order valence-electron chi connectivity index (χ3n) is 4.27. The highest BCUT2D eigenvalue weighted by Gasteiger charge is 2.18. The van der Waals surface area contributed by atoms with E-state index in [0.29, 0.717) is 22.4 Å². The molecular formula is C20H23N5OS. The summed E-state index contributed by atoms with van der Waals surface area (Å²) in [5, 5.41) is 0.406. The van der Waals surface area contributed by atoms with Gasteiger partial charge < -0.3 is 16.0 Å². The van der Waals surface area contributed by atoms with E-state index < -0.39 is 0 Å². The summed E-state index contributed by atoms with van der Waals surface area (Å²) in [6.07, 6.45) is 0. The molecule has 6 nitrogen and oxygen atoms in total. The van der Waals surface area contributed by atoms with Gasteiger partial charge >= 0.3 is 0 Å². The Morgan fingerprint density at radius 1 is 0.963 bits per heavy atom. The van der Waals surface area contributed by atoms with E-state index in [4.69, 9.17) is 11.5 Å². The van der Waals surface area contributed by atoms with Crippen molar-refractivity contribution in [2.24, 2.45) is 0 Å². The van der Waals surface area contributed by atoms with E-state index in [0.717, 1.165) is 17.1 Å². The number of hydrogen-bond acceptors (Lipinski definition) is 6. The number of carbonyl (C=O) groups is 1. The van der Waals surface area contributed by atoms with Crippen molar-refractivity contribution in [2.45, 2.75) is 32.9 Å². The fourth-order valence-electron chi connectivity index (χ4n) is 3.26. The van der Waals surface area contributed by atoms with Gasteiger partial charge in [-0.3, -0.25) is 4.79 Å². The molecular weight excluding hydrogens is 358 g/mol. The predicted octanol–water partition coefficient (Wildman–Crippen LogP) is 3.64. The number of anilines is 2. The number of hydrogen-bond donors (Lipinski definition) is 2. The van der Waals surface area contributed by atoms with Crippen molar-refractivity contribution in [3.63, 3.8) is 0 Å². The Kier molecular flexibility index (Phi) is 5.23. The highest BCUT2D eigenvalue weighted by atomic mass is 32.2. The first-order chi connectivity index (χ1) is 12.7. The first-order valence-corrected chi connectivity index (χ1v) is 9.57. The summed E-state index contributed by atoms with van der Waals surface area (Å²) in [7, 11) is 0.